The molecule has 0 aliphatic carbocycles. The molecule has 2 aromatic rings. The van der Waals surface area contributed by atoms with Crippen LogP contribution < -0.4 is 5.43 Å². The van der Waals surface area contributed by atoms with Gasteiger partial charge in [0, 0.05) is 5.56 Å². The van der Waals surface area contributed by atoms with Crippen molar-refractivity contribution in [2.75, 3.05) is 5.43 Å². The molecule has 6 heteroatoms. The SMILES string of the molecule is Cc1cc(C=NNc2ccccc2)c(F)c(C(F)(F)F)c1. The first-order chi connectivity index (χ1) is 9.88. The molecule has 0 heterocycles. The summed E-state index contributed by atoms with van der Waals surface area (Å²) < 4.78 is 51.9. The summed E-state index contributed by atoms with van der Waals surface area (Å²) in [6, 6.07) is 10.9. The highest BCUT2D eigenvalue weighted by Gasteiger charge is 2.35. The van der Waals surface area contributed by atoms with Crippen molar-refractivity contribution < 1.29 is 17.6 Å². The minimum absolute atomic E-state index is 0.217. The third kappa shape index (κ3) is 3.81. The fourth-order valence-corrected chi connectivity index (χ4v) is 1.79. The molecule has 0 atom stereocenters. The molecule has 0 bridgehead atoms. The molecule has 0 aliphatic rings. The Bertz CT molecular complexity index is 649. The highest BCUT2D eigenvalue weighted by Crippen LogP contribution is 2.33. The maximum absolute atomic E-state index is 13.8. The van der Waals surface area contributed by atoms with E-state index >= 15 is 0 Å². The van der Waals surface area contributed by atoms with E-state index in [9.17, 15) is 17.6 Å². The Balaban J connectivity index is 2.26. The minimum Gasteiger partial charge on any atom is -0.279 e. The summed E-state index contributed by atoms with van der Waals surface area (Å²) in [6.07, 6.45) is -3.70. The number of hydrogen-bond donors (Lipinski definition) is 1. The summed E-state index contributed by atoms with van der Waals surface area (Å²) in [5, 5.41) is 3.75. The van der Waals surface area contributed by atoms with Gasteiger partial charge in [-0.2, -0.15) is 18.3 Å². The van der Waals surface area contributed by atoms with E-state index in [2.05, 4.69) is 10.5 Å². The molecule has 0 unspecified atom stereocenters. The van der Waals surface area contributed by atoms with E-state index in [4.69, 9.17) is 0 Å². The van der Waals surface area contributed by atoms with Gasteiger partial charge in [-0.1, -0.05) is 18.2 Å². The quantitative estimate of drug-likeness (QED) is 0.499. The van der Waals surface area contributed by atoms with Gasteiger partial charge in [0.15, 0.2) is 0 Å². The van der Waals surface area contributed by atoms with Gasteiger partial charge >= 0.3 is 6.18 Å². The van der Waals surface area contributed by atoms with Crippen molar-refractivity contribution in [1.82, 2.24) is 0 Å². The third-order valence-electron chi connectivity index (χ3n) is 2.72. The molecule has 2 aromatic carbocycles. The van der Waals surface area contributed by atoms with Gasteiger partial charge in [0.25, 0.3) is 0 Å². The standard InChI is InChI=1S/C15H12F4N2/c1-10-7-11(14(16)13(8-10)15(17,18)19)9-20-21-12-5-3-2-4-6-12/h2-9,21H,1H3. The fourth-order valence-electron chi connectivity index (χ4n) is 1.79. The van der Waals surface area contributed by atoms with Gasteiger partial charge in [0.1, 0.15) is 5.82 Å². The average Bonchev–Trinajstić information content (AvgIpc) is 2.42. The zero-order valence-electron chi connectivity index (χ0n) is 11.1. The predicted octanol–water partition coefficient (Wildman–Crippen LogP) is 4.60. The van der Waals surface area contributed by atoms with E-state index in [0.717, 1.165) is 12.3 Å². The van der Waals surface area contributed by atoms with Crippen LogP contribution in [0, 0.1) is 12.7 Å². The monoisotopic (exact) mass is 296 g/mol. The Labute approximate surface area is 119 Å². The molecule has 1 N–H and O–H groups in total. The van der Waals surface area contributed by atoms with Crippen LogP contribution in [0.5, 0.6) is 0 Å². The van der Waals surface area contributed by atoms with Gasteiger partial charge in [-0.05, 0) is 36.8 Å². The number of anilines is 1. The number of alkyl halides is 3. The molecule has 0 radical (unpaired) electrons. The molecule has 0 aromatic heterocycles. The second-order valence-corrected chi connectivity index (χ2v) is 4.45. The molecule has 2 rings (SSSR count). The van der Waals surface area contributed by atoms with Crippen molar-refractivity contribution in [2.24, 2.45) is 5.10 Å². The Hall–Kier alpha value is -2.37. The van der Waals surface area contributed by atoms with Crippen molar-refractivity contribution in [3.05, 3.63) is 65.0 Å². The lowest BCUT2D eigenvalue weighted by atomic mass is 10.1. The number of aryl methyl sites for hydroxylation is 1. The van der Waals surface area contributed by atoms with Crippen LogP contribution in [0.2, 0.25) is 0 Å². The molecule has 2 nitrogen and oxygen atoms in total. The lowest BCUT2D eigenvalue weighted by Crippen LogP contribution is -2.10. The van der Waals surface area contributed by atoms with Gasteiger partial charge in [-0.25, -0.2) is 4.39 Å². The highest BCUT2D eigenvalue weighted by atomic mass is 19.4. The molecule has 110 valence electrons. The Morgan fingerprint density at radius 2 is 1.76 bits per heavy atom. The van der Waals surface area contributed by atoms with E-state index in [0.29, 0.717) is 11.3 Å². The zero-order chi connectivity index (χ0) is 15.5. The van der Waals surface area contributed by atoms with Gasteiger partial charge in [-0.15, -0.1) is 0 Å². The predicted molar refractivity (Wildman–Crippen MR) is 73.8 cm³/mol. The van der Waals surface area contributed by atoms with Crippen molar-refractivity contribution >= 4 is 11.9 Å². The lowest BCUT2D eigenvalue weighted by Gasteiger charge is -2.10. The normalized spacial score (nSPS) is 11.9. The number of rotatable bonds is 3. The van der Waals surface area contributed by atoms with Gasteiger partial charge < -0.3 is 0 Å². The van der Waals surface area contributed by atoms with Crippen LogP contribution in [-0.2, 0) is 6.18 Å². The maximum atomic E-state index is 13.8. The van der Waals surface area contributed by atoms with Crippen LogP contribution >= 0.6 is 0 Å². The van der Waals surface area contributed by atoms with Crippen molar-refractivity contribution in [2.45, 2.75) is 13.1 Å². The summed E-state index contributed by atoms with van der Waals surface area (Å²) in [5.74, 6) is -1.33. The summed E-state index contributed by atoms with van der Waals surface area (Å²) >= 11 is 0. The molecular formula is C15H12F4N2. The number of benzene rings is 2. The molecular weight excluding hydrogens is 284 g/mol. The molecule has 0 spiro atoms. The number of halogens is 4. The van der Waals surface area contributed by atoms with Crippen molar-refractivity contribution in [3.8, 4) is 0 Å². The van der Waals surface area contributed by atoms with Crippen LogP contribution in [-0.4, -0.2) is 6.21 Å². The van der Waals surface area contributed by atoms with Crippen LogP contribution in [0.1, 0.15) is 16.7 Å². The molecule has 0 saturated carbocycles. The van der Waals surface area contributed by atoms with Crippen LogP contribution in [0.25, 0.3) is 0 Å². The molecule has 0 amide bonds. The summed E-state index contributed by atoms with van der Waals surface area (Å²) in [7, 11) is 0. The second-order valence-electron chi connectivity index (χ2n) is 4.45. The fraction of sp³-hybridized carbons (Fsp3) is 0.133. The number of hydrazone groups is 1. The first-order valence-corrected chi connectivity index (χ1v) is 6.09. The van der Waals surface area contributed by atoms with E-state index in [-0.39, 0.29) is 5.56 Å². The van der Waals surface area contributed by atoms with Gasteiger partial charge in [-0.3, -0.25) is 5.43 Å². The topological polar surface area (TPSA) is 24.4 Å². The summed E-state index contributed by atoms with van der Waals surface area (Å²) in [6.45, 7) is 1.47. The van der Waals surface area contributed by atoms with Crippen molar-refractivity contribution in [1.29, 1.82) is 0 Å². The third-order valence-corrected chi connectivity index (χ3v) is 2.72. The lowest BCUT2D eigenvalue weighted by molar-refractivity contribution is -0.140. The van der Waals surface area contributed by atoms with E-state index in [1.807, 2.05) is 6.07 Å². The average molecular weight is 296 g/mol. The molecule has 21 heavy (non-hydrogen) atoms. The number of nitrogens with zero attached hydrogens (tertiary/aromatic N) is 1. The molecule has 0 aliphatic heterocycles. The Morgan fingerprint density at radius 3 is 2.38 bits per heavy atom. The van der Waals surface area contributed by atoms with E-state index in [1.165, 1.54) is 13.0 Å². The van der Waals surface area contributed by atoms with Crippen LogP contribution in [0.4, 0.5) is 23.2 Å². The van der Waals surface area contributed by atoms with Crippen LogP contribution in [0.3, 0.4) is 0 Å². The van der Waals surface area contributed by atoms with E-state index in [1.54, 1.807) is 24.3 Å². The van der Waals surface area contributed by atoms with Gasteiger partial charge in [0.2, 0.25) is 0 Å². The van der Waals surface area contributed by atoms with E-state index < -0.39 is 17.6 Å². The second kappa shape index (κ2) is 5.95. The first-order valence-electron chi connectivity index (χ1n) is 6.09. The highest BCUT2D eigenvalue weighted by molar-refractivity contribution is 5.81. The minimum atomic E-state index is -4.73. The maximum Gasteiger partial charge on any atom is 0.419 e. The number of para-hydroxylation sites is 1. The largest absolute Gasteiger partial charge is 0.419 e. The summed E-state index contributed by atoms with van der Waals surface area (Å²) in [4.78, 5) is 0. The zero-order valence-corrected chi connectivity index (χ0v) is 11.1. The van der Waals surface area contributed by atoms with Crippen LogP contribution in [0.15, 0.2) is 47.6 Å². The molecule has 0 fully saturated rings. The molecule has 0 saturated heterocycles. The first kappa shape index (κ1) is 15.0. The number of hydrogen-bond acceptors (Lipinski definition) is 2. The van der Waals surface area contributed by atoms with Gasteiger partial charge in [0.05, 0.1) is 17.5 Å². The smallest absolute Gasteiger partial charge is 0.279 e. The summed E-state index contributed by atoms with van der Waals surface area (Å²) in [5.41, 5.74) is 2.08. The number of nitrogens with one attached hydrogen (secondary N) is 1. The Kier molecular flexibility index (Phi) is 4.26. The Morgan fingerprint density at radius 1 is 1.10 bits per heavy atom. The van der Waals surface area contributed by atoms with Crippen molar-refractivity contribution in [3.63, 3.8) is 0 Å².